The Balaban J connectivity index is 1.88. The fourth-order valence-electron chi connectivity index (χ4n) is 5.10. The number of ether oxygens (including phenoxy) is 3. The van der Waals surface area contributed by atoms with Gasteiger partial charge in [-0.05, 0) is 43.4 Å². The average molecular weight is 651 g/mol. The molecular formula is C30H33Cl2N3O7S. The van der Waals surface area contributed by atoms with Crippen molar-refractivity contribution in [1.82, 2.24) is 15.1 Å². The zero-order valence-corrected chi connectivity index (χ0v) is 26.6. The van der Waals surface area contributed by atoms with E-state index in [2.05, 4.69) is 10.2 Å². The van der Waals surface area contributed by atoms with Crippen molar-refractivity contribution in [1.29, 1.82) is 0 Å². The number of carbonyl (C=O) groups is 3. The Morgan fingerprint density at radius 2 is 1.44 bits per heavy atom. The van der Waals surface area contributed by atoms with E-state index in [0.29, 0.717) is 36.8 Å². The molecule has 0 spiro atoms. The SMILES string of the molecule is COC(=O)C1=C(CC(=O)N2CCN(C)CC2)NC(CS(=O)c2ccc(OC)cc2)=C(C(=O)OC)C1c1c(Cl)cccc1Cl. The number of likely N-dealkylation sites (N-methyl/N-ethyl adjacent to an activating group) is 1. The van der Waals surface area contributed by atoms with E-state index >= 15 is 0 Å². The number of rotatable bonds is 9. The highest BCUT2D eigenvalue weighted by Crippen LogP contribution is 2.45. The van der Waals surface area contributed by atoms with Crippen LogP contribution < -0.4 is 10.1 Å². The van der Waals surface area contributed by atoms with Crippen molar-refractivity contribution in [2.75, 3.05) is 60.3 Å². The van der Waals surface area contributed by atoms with Crippen molar-refractivity contribution in [2.45, 2.75) is 17.2 Å². The number of methoxy groups -OCH3 is 3. The first-order chi connectivity index (χ1) is 20.6. The third-order valence-electron chi connectivity index (χ3n) is 7.41. The van der Waals surface area contributed by atoms with E-state index in [9.17, 15) is 18.6 Å². The summed E-state index contributed by atoms with van der Waals surface area (Å²) in [6.07, 6.45) is -0.208. The van der Waals surface area contributed by atoms with Gasteiger partial charge in [0.05, 0.1) is 61.4 Å². The number of hydrogen-bond acceptors (Lipinski definition) is 9. The Bertz CT molecular complexity index is 1460. The maximum atomic E-state index is 13.6. The first-order valence-corrected chi connectivity index (χ1v) is 15.5. The van der Waals surface area contributed by atoms with Crippen molar-refractivity contribution in [2.24, 2.45) is 0 Å². The first-order valence-electron chi connectivity index (χ1n) is 13.4. The summed E-state index contributed by atoms with van der Waals surface area (Å²) in [7, 11) is 4.25. The molecule has 13 heteroatoms. The molecule has 2 aliphatic heterocycles. The highest BCUT2D eigenvalue weighted by atomic mass is 35.5. The monoisotopic (exact) mass is 649 g/mol. The minimum atomic E-state index is -1.66. The van der Waals surface area contributed by atoms with Crippen LogP contribution in [-0.2, 0) is 34.7 Å². The summed E-state index contributed by atoms with van der Waals surface area (Å²) in [6, 6.07) is 11.5. The van der Waals surface area contributed by atoms with Crippen LogP contribution in [0, 0.1) is 0 Å². The van der Waals surface area contributed by atoms with Gasteiger partial charge in [-0.2, -0.15) is 0 Å². The Morgan fingerprint density at radius 3 is 1.98 bits per heavy atom. The van der Waals surface area contributed by atoms with Gasteiger partial charge in [-0.25, -0.2) is 9.59 Å². The van der Waals surface area contributed by atoms with Crippen molar-refractivity contribution in [3.05, 3.63) is 80.6 Å². The molecule has 4 rings (SSSR count). The van der Waals surface area contributed by atoms with Gasteiger partial charge in [0.25, 0.3) is 0 Å². The standard InChI is InChI=1S/C30H33Cl2N3O7S/c1-34-12-14-35(15-13-34)24(36)16-22-26(29(37)41-3)28(25-20(31)6-5-7-21(25)32)27(30(38)42-4)23(33-22)17-43(39)19-10-8-18(40-2)9-11-19/h5-11,28,33H,12-17H2,1-4H3. The predicted octanol–water partition coefficient (Wildman–Crippen LogP) is 3.51. The molecule has 0 bridgehead atoms. The third-order valence-corrected chi connectivity index (χ3v) is 9.42. The van der Waals surface area contributed by atoms with Gasteiger partial charge >= 0.3 is 11.9 Å². The van der Waals surface area contributed by atoms with E-state index in [0.717, 1.165) is 0 Å². The number of dihydropyridines is 1. The summed E-state index contributed by atoms with van der Waals surface area (Å²) in [6.45, 7) is 2.46. The van der Waals surface area contributed by atoms with Gasteiger partial charge in [-0.3, -0.25) is 9.00 Å². The largest absolute Gasteiger partial charge is 0.497 e. The maximum absolute atomic E-state index is 13.6. The lowest BCUT2D eigenvalue weighted by molar-refractivity contribution is -0.137. The molecule has 1 amide bonds. The number of piperazine rings is 1. The molecule has 0 saturated carbocycles. The van der Waals surface area contributed by atoms with E-state index in [4.69, 9.17) is 37.4 Å². The molecule has 43 heavy (non-hydrogen) atoms. The molecule has 1 N–H and O–H groups in total. The highest BCUT2D eigenvalue weighted by Gasteiger charge is 2.42. The Hall–Kier alpha value is -3.38. The number of nitrogens with one attached hydrogen (secondary N) is 1. The summed E-state index contributed by atoms with van der Waals surface area (Å²) in [4.78, 5) is 44.8. The lowest BCUT2D eigenvalue weighted by atomic mass is 9.79. The van der Waals surface area contributed by atoms with E-state index in [-0.39, 0.29) is 56.2 Å². The van der Waals surface area contributed by atoms with Crippen LogP contribution in [0.5, 0.6) is 5.75 Å². The van der Waals surface area contributed by atoms with Crippen LogP contribution in [-0.4, -0.2) is 92.2 Å². The van der Waals surface area contributed by atoms with Crippen molar-refractivity contribution < 1.29 is 32.8 Å². The molecule has 2 aliphatic rings. The zero-order chi connectivity index (χ0) is 31.3. The van der Waals surface area contributed by atoms with Crippen LogP contribution >= 0.6 is 23.2 Å². The minimum absolute atomic E-state index is 0.0145. The fourth-order valence-corrected chi connectivity index (χ4v) is 6.81. The van der Waals surface area contributed by atoms with Gasteiger partial charge in [0.2, 0.25) is 5.91 Å². The molecule has 2 unspecified atom stereocenters. The number of amides is 1. The van der Waals surface area contributed by atoms with Gasteiger partial charge < -0.3 is 29.3 Å². The molecular weight excluding hydrogens is 617 g/mol. The molecule has 2 atom stereocenters. The van der Waals surface area contributed by atoms with Crippen molar-refractivity contribution >= 4 is 51.8 Å². The second-order valence-electron chi connectivity index (χ2n) is 9.99. The van der Waals surface area contributed by atoms with Crippen LogP contribution in [0.25, 0.3) is 0 Å². The minimum Gasteiger partial charge on any atom is -0.497 e. The number of esters is 2. The van der Waals surface area contributed by atoms with E-state index < -0.39 is 28.7 Å². The van der Waals surface area contributed by atoms with Crippen LogP contribution in [0.15, 0.2) is 69.9 Å². The molecule has 1 fully saturated rings. The molecule has 230 valence electrons. The Kier molecular flexibility index (Phi) is 10.9. The predicted molar refractivity (Wildman–Crippen MR) is 163 cm³/mol. The third kappa shape index (κ3) is 7.23. The number of nitrogens with zero attached hydrogens (tertiary/aromatic N) is 2. The molecule has 2 aromatic rings. The Labute approximate surface area is 263 Å². The van der Waals surface area contributed by atoms with E-state index in [1.165, 1.54) is 21.3 Å². The van der Waals surface area contributed by atoms with Gasteiger partial charge in [-0.15, -0.1) is 0 Å². The lowest BCUT2D eigenvalue weighted by Gasteiger charge is -2.35. The van der Waals surface area contributed by atoms with Gasteiger partial charge in [0, 0.05) is 58.1 Å². The summed E-state index contributed by atoms with van der Waals surface area (Å²) < 4.78 is 29.2. The summed E-state index contributed by atoms with van der Waals surface area (Å²) in [5, 5.41) is 3.49. The molecule has 0 aliphatic carbocycles. The smallest absolute Gasteiger partial charge is 0.336 e. The molecule has 0 radical (unpaired) electrons. The van der Waals surface area contributed by atoms with Gasteiger partial charge in [0.15, 0.2) is 0 Å². The van der Waals surface area contributed by atoms with E-state index in [1.807, 2.05) is 7.05 Å². The van der Waals surface area contributed by atoms with E-state index in [1.54, 1.807) is 47.4 Å². The quantitative estimate of drug-likeness (QED) is 0.408. The normalized spacial score (nSPS) is 18.2. The second-order valence-corrected chi connectivity index (χ2v) is 12.3. The van der Waals surface area contributed by atoms with Crippen LogP contribution in [0.1, 0.15) is 17.9 Å². The van der Waals surface area contributed by atoms with Gasteiger partial charge in [-0.1, -0.05) is 29.3 Å². The molecule has 2 heterocycles. The topological polar surface area (TPSA) is 114 Å². The first kappa shape index (κ1) is 32.5. The summed E-state index contributed by atoms with van der Waals surface area (Å²) in [5.41, 5.74) is 0.627. The zero-order valence-electron chi connectivity index (χ0n) is 24.3. The van der Waals surface area contributed by atoms with Gasteiger partial charge in [0.1, 0.15) is 5.75 Å². The molecule has 1 saturated heterocycles. The van der Waals surface area contributed by atoms with Crippen LogP contribution in [0.3, 0.4) is 0 Å². The van der Waals surface area contributed by atoms with Crippen molar-refractivity contribution in [3.8, 4) is 5.75 Å². The molecule has 0 aromatic heterocycles. The number of carbonyl (C=O) groups excluding carboxylic acids is 3. The number of hydrogen-bond donors (Lipinski definition) is 1. The maximum Gasteiger partial charge on any atom is 0.336 e. The van der Waals surface area contributed by atoms with Crippen LogP contribution in [0.4, 0.5) is 0 Å². The molecule has 2 aromatic carbocycles. The molecule has 10 nitrogen and oxygen atoms in total. The highest BCUT2D eigenvalue weighted by molar-refractivity contribution is 7.85. The Morgan fingerprint density at radius 1 is 0.884 bits per heavy atom. The van der Waals surface area contributed by atoms with Crippen LogP contribution in [0.2, 0.25) is 10.0 Å². The van der Waals surface area contributed by atoms with Crippen molar-refractivity contribution in [3.63, 3.8) is 0 Å². The summed E-state index contributed by atoms with van der Waals surface area (Å²) >= 11 is 13.3. The number of benzene rings is 2. The second kappa shape index (κ2) is 14.4. The summed E-state index contributed by atoms with van der Waals surface area (Å²) in [5.74, 6) is -2.56. The fraction of sp³-hybridized carbons (Fsp3) is 0.367. The number of halogens is 2. The average Bonchev–Trinajstić information content (AvgIpc) is 3.00. The lowest BCUT2D eigenvalue weighted by Crippen LogP contribution is -2.47.